The molecule has 1 aromatic carbocycles. The highest BCUT2D eigenvalue weighted by molar-refractivity contribution is 9.09. The second-order valence-corrected chi connectivity index (χ2v) is 5.75. The van der Waals surface area contributed by atoms with Crippen LogP contribution in [-0.4, -0.2) is 18.5 Å². The van der Waals surface area contributed by atoms with E-state index < -0.39 is 0 Å². The molecule has 0 bridgehead atoms. The van der Waals surface area contributed by atoms with Crippen LogP contribution in [0, 0.1) is 5.41 Å². The lowest BCUT2D eigenvalue weighted by molar-refractivity contribution is 0.162. The van der Waals surface area contributed by atoms with Crippen molar-refractivity contribution in [1.82, 2.24) is 0 Å². The summed E-state index contributed by atoms with van der Waals surface area (Å²) >= 11 is 15.7. The van der Waals surface area contributed by atoms with Gasteiger partial charge >= 0.3 is 0 Å². The molecule has 1 saturated heterocycles. The first-order valence-corrected chi connectivity index (χ1v) is 7.11. The molecule has 88 valence electrons. The molecule has 0 radical (unpaired) electrons. The predicted molar refractivity (Wildman–Crippen MR) is 71.8 cm³/mol. The Morgan fingerprint density at radius 1 is 1.38 bits per heavy atom. The first kappa shape index (κ1) is 12.7. The molecular formula is C12H13BrCl2O. The molecule has 16 heavy (non-hydrogen) atoms. The van der Waals surface area contributed by atoms with E-state index in [-0.39, 0.29) is 5.41 Å². The lowest BCUT2D eigenvalue weighted by atomic mass is 9.83. The van der Waals surface area contributed by atoms with Gasteiger partial charge in [0.1, 0.15) is 0 Å². The summed E-state index contributed by atoms with van der Waals surface area (Å²) in [5.41, 5.74) is 1.29. The van der Waals surface area contributed by atoms with E-state index in [0.29, 0.717) is 0 Å². The summed E-state index contributed by atoms with van der Waals surface area (Å²) in [7, 11) is 0. The minimum absolute atomic E-state index is 0.175. The van der Waals surface area contributed by atoms with Gasteiger partial charge in [-0.2, -0.15) is 0 Å². The maximum Gasteiger partial charge on any atom is 0.0534 e. The molecule has 0 aliphatic carbocycles. The summed E-state index contributed by atoms with van der Waals surface area (Å²) in [6, 6.07) is 5.63. The zero-order valence-electron chi connectivity index (χ0n) is 8.81. The minimum Gasteiger partial charge on any atom is -0.381 e. The number of ether oxygens (including phenoxy) is 1. The van der Waals surface area contributed by atoms with Crippen LogP contribution in [0.2, 0.25) is 10.0 Å². The zero-order valence-corrected chi connectivity index (χ0v) is 11.9. The van der Waals surface area contributed by atoms with Gasteiger partial charge in [0.2, 0.25) is 0 Å². The van der Waals surface area contributed by atoms with Gasteiger partial charge in [-0.3, -0.25) is 0 Å². The van der Waals surface area contributed by atoms with E-state index in [1.54, 1.807) is 0 Å². The Bertz CT molecular complexity index is 375. The van der Waals surface area contributed by atoms with Gasteiger partial charge in [0.25, 0.3) is 0 Å². The Morgan fingerprint density at radius 3 is 2.81 bits per heavy atom. The number of hydrogen-bond donors (Lipinski definition) is 0. The molecule has 1 unspecified atom stereocenters. The molecule has 1 aliphatic heterocycles. The zero-order chi connectivity index (χ0) is 11.6. The van der Waals surface area contributed by atoms with Crippen LogP contribution in [0.4, 0.5) is 0 Å². The van der Waals surface area contributed by atoms with Gasteiger partial charge in [0.15, 0.2) is 0 Å². The number of alkyl halides is 1. The van der Waals surface area contributed by atoms with Crippen molar-refractivity contribution in [2.75, 3.05) is 18.5 Å². The third kappa shape index (κ3) is 2.73. The summed E-state index contributed by atoms with van der Waals surface area (Å²) in [6.07, 6.45) is 1.98. The van der Waals surface area contributed by atoms with Crippen molar-refractivity contribution in [3.05, 3.63) is 33.8 Å². The molecule has 2 rings (SSSR count). The lowest BCUT2D eigenvalue weighted by Crippen LogP contribution is -2.26. The van der Waals surface area contributed by atoms with Gasteiger partial charge in [-0.1, -0.05) is 39.1 Å². The van der Waals surface area contributed by atoms with Gasteiger partial charge < -0.3 is 4.74 Å². The van der Waals surface area contributed by atoms with E-state index in [4.69, 9.17) is 27.9 Å². The number of hydrogen-bond acceptors (Lipinski definition) is 1. The highest BCUT2D eigenvalue weighted by atomic mass is 79.9. The van der Waals surface area contributed by atoms with Crippen LogP contribution in [0.5, 0.6) is 0 Å². The van der Waals surface area contributed by atoms with Crippen LogP contribution in [0.25, 0.3) is 0 Å². The van der Waals surface area contributed by atoms with E-state index >= 15 is 0 Å². The van der Waals surface area contributed by atoms with E-state index in [2.05, 4.69) is 15.9 Å². The summed E-state index contributed by atoms with van der Waals surface area (Å²) in [6.45, 7) is 1.63. The van der Waals surface area contributed by atoms with Crippen LogP contribution in [0.3, 0.4) is 0 Å². The van der Waals surface area contributed by atoms with E-state index in [1.807, 2.05) is 18.2 Å². The molecule has 0 N–H and O–H groups in total. The SMILES string of the molecule is Clc1ccc(Cl)c(CC2(CBr)CCOC2)c1. The first-order valence-electron chi connectivity index (χ1n) is 5.23. The fourth-order valence-electron chi connectivity index (χ4n) is 2.02. The van der Waals surface area contributed by atoms with Crippen LogP contribution in [0.1, 0.15) is 12.0 Å². The van der Waals surface area contributed by atoms with Gasteiger partial charge in [0.05, 0.1) is 6.61 Å². The molecule has 1 aromatic rings. The molecule has 0 saturated carbocycles. The lowest BCUT2D eigenvalue weighted by Gasteiger charge is -2.25. The minimum atomic E-state index is 0.175. The van der Waals surface area contributed by atoms with Crippen LogP contribution < -0.4 is 0 Å². The Hall–Kier alpha value is 0.240. The summed E-state index contributed by atoms with van der Waals surface area (Å²) in [5.74, 6) is 0. The predicted octanol–water partition coefficient (Wildman–Crippen LogP) is 4.34. The highest BCUT2D eigenvalue weighted by Gasteiger charge is 2.34. The van der Waals surface area contributed by atoms with Gasteiger partial charge in [-0.15, -0.1) is 0 Å². The topological polar surface area (TPSA) is 9.23 Å². The molecule has 1 aliphatic rings. The van der Waals surface area contributed by atoms with E-state index in [0.717, 1.165) is 47.0 Å². The van der Waals surface area contributed by atoms with Gasteiger partial charge in [-0.05, 0) is 36.6 Å². The van der Waals surface area contributed by atoms with Gasteiger partial charge in [-0.25, -0.2) is 0 Å². The maximum absolute atomic E-state index is 6.18. The third-order valence-electron chi connectivity index (χ3n) is 3.04. The number of halogens is 3. The molecule has 1 atom stereocenters. The second-order valence-electron chi connectivity index (χ2n) is 4.35. The Kier molecular flexibility index (Phi) is 4.17. The van der Waals surface area contributed by atoms with Crippen molar-refractivity contribution in [2.24, 2.45) is 5.41 Å². The van der Waals surface area contributed by atoms with Crippen molar-refractivity contribution in [2.45, 2.75) is 12.8 Å². The normalized spacial score (nSPS) is 24.9. The molecule has 0 spiro atoms. The molecular weight excluding hydrogens is 311 g/mol. The molecule has 4 heteroatoms. The maximum atomic E-state index is 6.18. The van der Waals surface area contributed by atoms with Crippen molar-refractivity contribution in [1.29, 1.82) is 0 Å². The largest absolute Gasteiger partial charge is 0.381 e. The van der Waals surface area contributed by atoms with Crippen molar-refractivity contribution in [3.63, 3.8) is 0 Å². The van der Waals surface area contributed by atoms with E-state index in [1.165, 1.54) is 0 Å². The summed E-state index contributed by atoms with van der Waals surface area (Å²) < 4.78 is 5.49. The Morgan fingerprint density at radius 2 is 2.19 bits per heavy atom. The van der Waals surface area contributed by atoms with Crippen molar-refractivity contribution in [3.8, 4) is 0 Å². The standard InChI is InChI=1S/C12H13BrCl2O/c13-7-12(3-4-16-8-12)6-9-5-10(14)1-2-11(9)15/h1-2,5H,3-4,6-8H2. The average molecular weight is 324 g/mol. The Balaban J connectivity index is 2.21. The van der Waals surface area contributed by atoms with Crippen molar-refractivity contribution < 1.29 is 4.74 Å². The highest BCUT2D eigenvalue weighted by Crippen LogP contribution is 2.36. The molecule has 1 heterocycles. The fraction of sp³-hybridized carbons (Fsp3) is 0.500. The average Bonchev–Trinajstić information content (AvgIpc) is 2.73. The molecule has 0 amide bonds. The third-order valence-corrected chi connectivity index (χ3v) is 4.83. The molecule has 1 nitrogen and oxygen atoms in total. The quantitative estimate of drug-likeness (QED) is 0.752. The van der Waals surface area contributed by atoms with Crippen LogP contribution in [-0.2, 0) is 11.2 Å². The second kappa shape index (κ2) is 5.26. The molecule has 1 fully saturated rings. The van der Waals surface area contributed by atoms with Crippen LogP contribution >= 0.6 is 39.1 Å². The molecule has 0 aromatic heterocycles. The monoisotopic (exact) mass is 322 g/mol. The number of benzene rings is 1. The smallest absolute Gasteiger partial charge is 0.0534 e. The van der Waals surface area contributed by atoms with E-state index in [9.17, 15) is 0 Å². The van der Waals surface area contributed by atoms with Gasteiger partial charge in [0, 0.05) is 27.4 Å². The van der Waals surface area contributed by atoms with Crippen molar-refractivity contribution >= 4 is 39.1 Å². The number of rotatable bonds is 3. The first-order chi connectivity index (χ1) is 7.65. The summed E-state index contributed by atoms with van der Waals surface area (Å²) in [4.78, 5) is 0. The Labute approximate surface area is 114 Å². The van der Waals surface area contributed by atoms with Crippen LogP contribution in [0.15, 0.2) is 18.2 Å². The fourth-order valence-corrected chi connectivity index (χ4v) is 3.04. The summed E-state index contributed by atoms with van der Waals surface area (Å²) in [5, 5.41) is 2.46.